The highest BCUT2D eigenvalue weighted by Crippen LogP contribution is 2.39. The van der Waals surface area contributed by atoms with Gasteiger partial charge in [0.05, 0.1) is 12.4 Å². The smallest absolute Gasteiger partial charge is 0.355 e. The van der Waals surface area contributed by atoms with E-state index in [0.29, 0.717) is 18.1 Å². The minimum Gasteiger partial charge on any atom is -0.461 e. The lowest BCUT2D eigenvalue weighted by atomic mass is 10.1. The molecule has 1 aliphatic heterocycles. The van der Waals surface area contributed by atoms with Crippen LogP contribution >= 0.6 is 11.8 Å². The van der Waals surface area contributed by atoms with E-state index >= 15 is 0 Å². The SMILES string of the molecule is CCOC(=O)c1[nH]c(C)c(C2OC(=O)CS2)c1C. The molecule has 1 atom stereocenters. The van der Waals surface area contributed by atoms with Crippen molar-refractivity contribution in [3.05, 3.63) is 22.5 Å². The van der Waals surface area contributed by atoms with E-state index in [1.54, 1.807) is 6.92 Å². The average Bonchev–Trinajstić information content (AvgIpc) is 2.83. The zero-order valence-electron chi connectivity index (χ0n) is 10.5. The van der Waals surface area contributed by atoms with Gasteiger partial charge in [0.25, 0.3) is 0 Å². The number of esters is 2. The number of ether oxygens (including phenoxy) is 2. The van der Waals surface area contributed by atoms with Gasteiger partial charge in [0.2, 0.25) is 0 Å². The lowest BCUT2D eigenvalue weighted by Gasteiger charge is -2.09. The molecular formula is C12H15NO4S. The zero-order chi connectivity index (χ0) is 13.3. The zero-order valence-corrected chi connectivity index (χ0v) is 11.3. The largest absolute Gasteiger partial charge is 0.461 e. The Kier molecular flexibility index (Phi) is 3.65. The average molecular weight is 269 g/mol. The summed E-state index contributed by atoms with van der Waals surface area (Å²) in [5.74, 6) is -0.245. The molecule has 0 amide bonds. The molecule has 2 rings (SSSR count). The van der Waals surface area contributed by atoms with Gasteiger partial charge in [-0.2, -0.15) is 0 Å². The Hall–Kier alpha value is -1.43. The highest BCUT2D eigenvalue weighted by Gasteiger charge is 2.31. The van der Waals surface area contributed by atoms with E-state index in [1.807, 2.05) is 13.8 Å². The molecule has 0 saturated carbocycles. The van der Waals surface area contributed by atoms with Gasteiger partial charge in [-0.25, -0.2) is 4.79 Å². The van der Waals surface area contributed by atoms with Gasteiger partial charge < -0.3 is 14.5 Å². The number of H-pyrrole nitrogens is 1. The number of aryl methyl sites for hydroxylation is 1. The van der Waals surface area contributed by atoms with Crippen LogP contribution in [-0.2, 0) is 14.3 Å². The number of thioether (sulfide) groups is 1. The summed E-state index contributed by atoms with van der Waals surface area (Å²) in [4.78, 5) is 25.9. The minimum atomic E-state index is -0.376. The third-order valence-corrected chi connectivity index (χ3v) is 3.84. The molecule has 0 aliphatic carbocycles. The minimum absolute atomic E-state index is 0.220. The molecular weight excluding hydrogens is 254 g/mol. The molecule has 1 N–H and O–H groups in total. The van der Waals surface area contributed by atoms with Crippen LogP contribution in [0.15, 0.2) is 0 Å². The van der Waals surface area contributed by atoms with Crippen molar-refractivity contribution in [2.45, 2.75) is 26.2 Å². The standard InChI is InChI=1S/C12H15NO4S/c1-4-16-11(15)10-6(2)9(7(3)13-10)12-17-8(14)5-18-12/h12-13H,4-5H2,1-3H3. The number of cyclic esters (lactones) is 1. The Balaban J connectivity index is 2.32. The first-order chi connectivity index (χ1) is 8.54. The van der Waals surface area contributed by atoms with Crippen LogP contribution in [0, 0.1) is 13.8 Å². The van der Waals surface area contributed by atoms with Crippen molar-refractivity contribution < 1.29 is 19.1 Å². The summed E-state index contributed by atoms with van der Waals surface area (Å²) in [6, 6.07) is 0. The number of rotatable bonds is 3. The predicted octanol–water partition coefficient (Wildman–Crippen LogP) is 2.10. The Morgan fingerprint density at radius 2 is 2.28 bits per heavy atom. The fraction of sp³-hybridized carbons (Fsp3) is 0.500. The number of carbonyl (C=O) groups is 2. The van der Waals surface area contributed by atoms with E-state index in [0.717, 1.165) is 16.8 Å². The molecule has 5 nitrogen and oxygen atoms in total. The predicted molar refractivity (Wildman–Crippen MR) is 67.5 cm³/mol. The fourth-order valence-electron chi connectivity index (χ4n) is 2.00. The van der Waals surface area contributed by atoms with E-state index in [9.17, 15) is 9.59 Å². The third-order valence-electron chi connectivity index (χ3n) is 2.80. The molecule has 0 radical (unpaired) electrons. The number of hydrogen-bond acceptors (Lipinski definition) is 5. The van der Waals surface area contributed by atoms with Gasteiger partial charge in [-0.05, 0) is 26.3 Å². The number of carbonyl (C=O) groups excluding carboxylic acids is 2. The van der Waals surface area contributed by atoms with Crippen LogP contribution in [0.1, 0.15) is 39.7 Å². The van der Waals surface area contributed by atoms with Gasteiger partial charge >= 0.3 is 11.9 Å². The maximum absolute atomic E-state index is 11.7. The monoisotopic (exact) mass is 269 g/mol. The molecule has 1 fully saturated rings. The number of aromatic nitrogens is 1. The lowest BCUT2D eigenvalue weighted by Crippen LogP contribution is -2.07. The van der Waals surface area contributed by atoms with Crippen LogP contribution in [0.5, 0.6) is 0 Å². The van der Waals surface area contributed by atoms with E-state index in [1.165, 1.54) is 11.8 Å². The maximum atomic E-state index is 11.7. The quantitative estimate of drug-likeness (QED) is 0.851. The maximum Gasteiger partial charge on any atom is 0.355 e. The number of hydrogen-bond donors (Lipinski definition) is 1. The van der Waals surface area contributed by atoms with Crippen LogP contribution < -0.4 is 0 Å². The van der Waals surface area contributed by atoms with E-state index in [2.05, 4.69) is 4.98 Å². The van der Waals surface area contributed by atoms with Gasteiger partial charge in [0, 0.05) is 11.3 Å². The Labute approximate surface area is 109 Å². The molecule has 1 aromatic rings. The summed E-state index contributed by atoms with van der Waals surface area (Å²) in [5.41, 5.74) is 2.61. The Bertz CT molecular complexity index is 495. The van der Waals surface area contributed by atoms with Crippen LogP contribution in [0.2, 0.25) is 0 Å². The number of nitrogens with one attached hydrogen (secondary N) is 1. The molecule has 18 heavy (non-hydrogen) atoms. The second kappa shape index (κ2) is 5.06. The second-order valence-corrected chi connectivity index (χ2v) is 5.07. The van der Waals surface area contributed by atoms with Crippen molar-refractivity contribution in [1.29, 1.82) is 0 Å². The first-order valence-electron chi connectivity index (χ1n) is 5.71. The summed E-state index contributed by atoms with van der Waals surface area (Å²) < 4.78 is 10.2. The summed E-state index contributed by atoms with van der Waals surface area (Å²) in [5, 5.41) is 0. The molecule has 0 bridgehead atoms. The van der Waals surface area contributed by atoms with Crippen LogP contribution in [0.3, 0.4) is 0 Å². The molecule has 1 aromatic heterocycles. The van der Waals surface area contributed by atoms with E-state index in [4.69, 9.17) is 9.47 Å². The van der Waals surface area contributed by atoms with Gasteiger partial charge in [-0.3, -0.25) is 4.79 Å². The summed E-state index contributed by atoms with van der Waals surface area (Å²) in [6.07, 6.45) is 0. The summed E-state index contributed by atoms with van der Waals surface area (Å²) in [7, 11) is 0. The first kappa shape index (κ1) is 13.0. The van der Waals surface area contributed by atoms with Crippen molar-refractivity contribution in [1.82, 2.24) is 4.98 Å². The molecule has 1 saturated heterocycles. The van der Waals surface area contributed by atoms with Crippen LogP contribution in [0.25, 0.3) is 0 Å². The van der Waals surface area contributed by atoms with Gasteiger partial charge in [-0.1, -0.05) is 0 Å². The van der Waals surface area contributed by atoms with Gasteiger partial charge in [0.15, 0.2) is 5.44 Å². The third kappa shape index (κ3) is 2.25. The van der Waals surface area contributed by atoms with Crippen LogP contribution in [0.4, 0.5) is 0 Å². The lowest BCUT2D eigenvalue weighted by molar-refractivity contribution is -0.140. The van der Waals surface area contributed by atoms with E-state index in [-0.39, 0.29) is 17.4 Å². The second-order valence-electron chi connectivity index (χ2n) is 4.02. The van der Waals surface area contributed by atoms with Gasteiger partial charge in [-0.15, -0.1) is 11.8 Å². The molecule has 98 valence electrons. The Morgan fingerprint density at radius 3 is 2.83 bits per heavy atom. The van der Waals surface area contributed by atoms with Gasteiger partial charge in [0.1, 0.15) is 5.69 Å². The van der Waals surface area contributed by atoms with Crippen molar-refractivity contribution in [3.8, 4) is 0 Å². The topological polar surface area (TPSA) is 68.4 Å². The van der Waals surface area contributed by atoms with Crippen molar-refractivity contribution in [2.24, 2.45) is 0 Å². The molecule has 1 aliphatic rings. The molecule has 2 heterocycles. The molecule has 6 heteroatoms. The normalized spacial score (nSPS) is 18.8. The van der Waals surface area contributed by atoms with Crippen molar-refractivity contribution in [3.63, 3.8) is 0 Å². The molecule has 0 aromatic carbocycles. The highest BCUT2D eigenvalue weighted by atomic mass is 32.2. The highest BCUT2D eigenvalue weighted by molar-refractivity contribution is 8.00. The van der Waals surface area contributed by atoms with Crippen molar-refractivity contribution >= 4 is 23.7 Å². The summed E-state index contributed by atoms with van der Waals surface area (Å²) in [6.45, 7) is 5.78. The first-order valence-corrected chi connectivity index (χ1v) is 6.76. The van der Waals surface area contributed by atoms with Crippen LogP contribution in [-0.4, -0.2) is 29.3 Å². The molecule has 1 unspecified atom stereocenters. The van der Waals surface area contributed by atoms with E-state index < -0.39 is 0 Å². The summed E-state index contributed by atoms with van der Waals surface area (Å²) >= 11 is 1.43. The number of aromatic amines is 1. The Morgan fingerprint density at radius 1 is 1.56 bits per heavy atom. The van der Waals surface area contributed by atoms with Crippen molar-refractivity contribution in [2.75, 3.05) is 12.4 Å². The fourth-order valence-corrected chi connectivity index (χ4v) is 3.05. The molecule has 0 spiro atoms.